The summed E-state index contributed by atoms with van der Waals surface area (Å²) in [7, 11) is 0. The lowest BCUT2D eigenvalue weighted by atomic mass is 9.73. The van der Waals surface area contributed by atoms with Gasteiger partial charge in [0.25, 0.3) is 6.47 Å². The van der Waals surface area contributed by atoms with Crippen molar-refractivity contribution in [2.24, 2.45) is 5.41 Å². The standard InChI is InChI=1S/C32H40N6O6.CH2O2/c1-21-13-23(3)38(34-21)17-30(41)37-16-26-25-7-4-8-27-31(25)43-20-32(26,19-37)18-33-28(39)9-5-10-36(11-6-12-42-27)29(40)15-24-14-22(2)35-44-24;2-1-3/h4,7-8,13-14,26H,5-6,9-12,15-20H2,1-3H3,(H,33,39);1H,(H,2,3)/t26-,32+;/m0./s1. The minimum Gasteiger partial charge on any atom is -0.490 e. The average Bonchev–Trinajstić information content (AvgIpc) is 3.73. The van der Waals surface area contributed by atoms with Crippen LogP contribution in [0.2, 0.25) is 0 Å². The van der Waals surface area contributed by atoms with Crippen molar-refractivity contribution >= 4 is 24.2 Å². The fourth-order valence-electron chi connectivity index (χ4n) is 6.67. The summed E-state index contributed by atoms with van der Waals surface area (Å²) >= 11 is 0. The molecule has 6 heterocycles. The zero-order valence-corrected chi connectivity index (χ0v) is 27.1. The van der Waals surface area contributed by atoms with Crippen LogP contribution in [0.3, 0.4) is 0 Å². The van der Waals surface area contributed by atoms with Crippen LogP contribution in [0.5, 0.6) is 11.5 Å². The third kappa shape index (κ3) is 7.75. The number of fused-ring (bicyclic) bond motifs is 11. The topological polar surface area (TPSA) is 169 Å². The van der Waals surface area contributed by atoms with Crippen molar-refractivity contribution in [2.75, 3.05) is 45.9 Å². The molecule has 14 nitrogen and oxygen atoms in total. The highest BCUT2D eigenvalue weighted by Crippen LogP contribution is 2.52. The number of amides is 3. The Morgan fingerprint density at radius 2 is 1.87 bits per heavy atom. The fraction of sp³-hybridized carbons (Fsp3) is 0.515. The Morgan fingerprint density at radius 1 is 1.09 bits per heavy atom. The third-order valence-corrected chi connectivity index (χ3v) is 8.93. The molecule has 0 unspecified atom stereocenters. The number of nitrogens with zero attached hydrogens (tertiary/aromatic N) is 5. The van der Waals surface area contributed by atoms with Crippen molar-refractivity contribution in [3.63, 3.8) is 0 Å². The zero-order chi connectivity index (χ0) is 33.6. The van der Waals surface area contributed by atoms with Crippen LogP contribution in [0.4, 0.5) is 0 Å². The Balaban J connectivity index is 0.00000139. The predicted octanol–water partition coefficient (Wildman–Crippen LogP) is 2.25. The van der Waals surface area contributed by atoms with Gasteiger partial charge in [-0.15, -0.1) is 0 Å². The quantitative estimate of drug-likeness (QED) is 0.400. The Kier molecular flexibility index (Phi) is 10.5. The van der Waals surface area contributed by atoms with Crippen LogP contribution < -0.4 is 14.8 Å². The molecule has 2 atom stereocenters. The Hall–Kier alpha value is -4.88. The van der Waals surface area contributed by atoms with E-state index in [1.54, 1.807) is 15.6 Å². The van der Waals surface area contributed by atoms with Crippen LogP contribution in [0.1, 0.15) is 53.6 Å². The number of hydrogen-bond donors (Lipinski definition) is 2. The van der Waals surface area contributed by atoms with Crippen LogP contribution in [0.15, 0.2) is 34.9 Å². The summed E-state index contributed by atoms with van der Waals surface area (Å²) in [6.07, 6.45) is 1.54. The first-order chi connectivity index (χ1) is 22.6. The number of para-hydroxylation sites is 1. The molecule has 3 amide bonds. The van der Waals surface area contributed by atoms with Crippen molar-refractivity contribution in [2.45, 2.75) is 58.9 Å². The number of carboxylic acid groups (broad SMARTS) is 1. The minimum absolute atomic E-state index is 0.0126. The number of rotatable bonds is 4. The number of aromatic nitrogens is 3. The molecule has 7 rings (SSSR count). The van der Waals surface area contributed by atoms with E-state index >= 15 is 0 Å². The van der Waals surface area contributed by atoms with E-state index in [2.05, 4.69) is 15.6 Å². The van der Waals surface area contributed by atoms with Gasteiger partial charge in [0.05, 0.1) is 31.0 Å². The smallest absolute Gasteiger partial charge is 0.290 e. The SMILES string of the molecule is Cc1cc(CC(=O)N2CCCOc3cccc4c3OC[C@@]3(CNC(=O)CCC2)CN(C(=O)Cn2nc(C)cc2C)C[C@@H]43)on1.O=CO. The highest BCUT2D eigenvalue weighted by molar-refractivity contribution is 5.79. The third-order valence-electron chi connectivity index (χ3n) is 8.93. The lowest BCUT2D eigenvalue weighted by Gasteiger charge is -2.40. The highest BCUT2D eigenvalue weighted by atomic mass is 16.5. The second-order valence-corrected chi connectivity index (χ2v) is 12.4. The van der Waals surface area contributed by atoms with Gasteiger partial charge in [-0.1, -0.05) is 17.3 Å². The van der Waals surface area contributed by atoms with E-state index in [9.17, 15) is 14.4 Å². The molecule has 252 valence electrons. The van der Waals surface area contributed by atoms with E-state index in [-0.39, 0.29) is 49.5 Å². The van der Waals surface area contributed by atoms with Crippen molar-refractivity contribution in [3.8, 4) is 11.5 Å². The molecule has 0 aliphatic carbocycles. The molecule has 14 heteroatoms. The average molecular weight is 651 g/mol. The molecule has 3 aromatic rings. The maximum Gasteiger partial charge on any atom is 0.290 e. The maximum atomic E-state index is 13.5. The Bertz CT molecular complexity index is 1600. The van der Waals surface area contributed by atoms with E-state index in [0.717, 1.165) is 22.6 Å². The first-order valence-corrected chi connectivity index (χ1v) is 15.8. The van der Waals surface area contributed by atoms with Crippen molar-refractivity contribution in [3.05, 3.63) is 58.7 Å². The molecule has 1 saturated heterocycles. The van der Waals surface area contributed by atoms with Gasteiger partial charge in [0.2, 0.25) is 17.7 Å². The van der Waals surface area contributed by atoms with Crippen LogP contribution in [0, 0.1) is 26.2 Å². The molecule has 1 spiro atoms. The number of carbonyl (C=O) groups is 4. The summed E-state index contributed by atoms with van der Waals surface area (Å²) < 4.78 is 19.6. The van der Waals surface area contributed by atoms with Gasteiger partial charge in [0.15, 0.2) is 11.5 Å². The molecular formula is C33H42N6O8. The summed E-state index contributed by atoms with van der Waals surface area (Å²) in [5, 5.41) is 18.4. The van der Waals surface area contributed by atoms with Crippen molar-refractivity contribution < 1.29 is 38.3 Å². The fourth-order valence-corrected chi connectivity index (χ4v) is 6.67. The second kappa shape index (κ2) is 14.7. The Labute approximate surface area is 273 Å². The molecule has 4 bridgehead atoms. The Morgan fingerprint density at radius 3 is 2.60 bits per heavy atom. The number of likely N-dealkylation sites (tertiary alicyclic amines) is 1. The number of aryl methyl sites for hydroxylation is 3. The minimum atomic E-state index is -0.486. The molecule has 1 fully saturated rings. The predicted molar refractivity (Wildman–Crippen MR) is 168 cm³/mol. The summed E-state index contributed by atoms with van der Waals surface area (Å²) in [5.74, 6) is 1.66. The summed E-state index contributed by atoms with van der Waals surface area (Å²) in [6.45, 7) is 8.65. The largest absolute Gasteiger partial charge is 0.490 e. The van der Waals surface area contributed by atoms with E-state index in [1.807, 2.05) is 49.9 Å². The number of ether oxygens (including phenoxy) is 2. The van der Waals surface area contributed by atoms with Gasteiger partial charge >= 0.3 is 0 Å². The molecule has 2 N–H and O–H groups in total. The van der Waals surface area contributed by atoms with Crippen molar-refractivity contribution in [1.82, 2.24) is 30.1 Å². The molecule has 2 aromatic heterocycles. The maximum absolute atomic E-state index is 13.5. The number of nitrogens with one attached hydrogen (secondary N) is 1. The zero-order valence-electron chi connectivity index (χ0n) is 27.1. The number of carbonyl (C=O) groups excluding carboxylic acids is 3. The molecule has 47 heavy (non-hydrogen) atoms. The highest BCUT2D eigenvalue weighted by Gasteiger charge is 2.53. The lowest BCUT2D eigenvalue weighted by molar-refractivity contribution is -0.132. The molecule has 1 aromatic carbocycles. The summed E-state index contributed by atoms with van der Waals surface area (Å²) in [6, 6.07) is 9.60. The monoisotopic (exact) mass is 650 g/mol. The van der Waals surface area contributed by atoms with Gasteiger partial charge in [-0.3, -0.25) is 23.9 Å². The lowest BCUT2D eigenvalue weighted by Crippen LogP contribution is -2.48. The van der Waals surface area contributed by atoms with Gasteiger partial charge in [0.1, 0.15) is 12.3 Å². The first-order valence-electron chi connectivity index (χ1n) is 15.8. The van der Waals surface area contributed by atoms with E-state index in [4.69, 9.17) is 23.9 Å². The van der Waals surface area contributed by atoms with E-state index in [1.165, 1.54) is 0 Å². The van der Waals surface area contributed by atoms with Gasteiger partial charge in [0, 0.05) is 67.8 Å². The normalized spacial score (nSPS) is 21.1. The second-order valence-electron chi connectivity index (χ2n) is 12.4. The van der Waals surface area contributed by atoms with Crippen LogP contribution in [-0.2, 0) is 32.1 Å². The van der Waals surface area contributed by atoms with Crippen molar-refractivity contribution in [1.29, 1.82) is 0 Å². The summed E-state index contributed by atoms with van der Waals surface area (Å²) in [5.41, 5.74) is 3.04. The molecule has 4 aliphatic rings. The van der Waals surface area contributed by atoms with Crippen LogP contribution in [0.25, 0.3) is 0 Å². The van der Waals surface area contributed by atoms with Gasteiger partial charge < -0.3 is 34.2 Å². The molecule has 4 aliphatic heterocycles. The number of benzene rings is 1. The van der Waals surface area contributed by atoms with E-state index in [0.29, 0.717) is 76.0 Å². The molecule has 0 radical (unpaired) electrons. The van der Waals surface area contributed by atoms with Gasteiger partial charge in [-0.25, -0.2) is 0 Å². The first kappa shape index (κ1) is 33.5. The van der Waals surface area contributed by atoms with Gasteiger partial charge in [-0.05, 0) is 45.7 Å². The van der Waals surface area contributed by atoms with Gasteiger partial charge in [-0.2, -0.15) is 5.10 Å². The summed E-state index contributed by atoms with van der Waals surface area (Å²) in [4.78, 5) is 51.8. The molecular weight excluding hydrogens is 608 g/mol. The van der Waals surface area contributed by atoms with Crippen LogP contribution >= 0.6 is 0 Å². The molecule has 0 saturated carbocycles. The van der Waals surface area contributed by atoms with Crippen LogP contribution in [-0.4, -0.2) is 100.0 Å². The van der Waals surface area contributed by atoms with E-state index < -0.39 is 5.41 Å². The number of hydrogen-bond acceptors (Lipinski definition) is 9.